The highest BCUT2D eigenvalue weighted by Crippen LogP contribution is 2.44. The van der Waals surface area contributed by atoms with E-state index in [-0.39, 0.29) is 36.0 Å². The first-order chi connectivity index (χ1) is 16.9. The summed E-state index contributed by atoms with van der Waals surface area (Å²) in [7, 11) is 0. The van der Waals surface area contributed by atoms with Gasteiger partial charge in [-0.1, -0.05) is 48.5 Å². The molecule has 0 unspecified atom stereocenters. The molecule has 0 heterocycles. The number of rotatable bonds is 6. The number of nitrogens with one attached hydrogen (secondary N) is 2. The molecule has 178 valence electrons. The van der Waals surface area contributed by atoms with Crippen LogP contribution in [0.15, 0.2) is 66.7 Å². The fourth-order valence-corrected chi connectivity index (χ4v) is 5.46. The van der Waals surface area contributed by atoms with Crippen molar-refractivity contribution in [2.45, 2.75) is 24.8 Å². The van der Waals surface area contributed by atoms with E-state index in [2.05, 4.69) is 34.9 Å². The molecule has 0 radical (unpaired) electrons. The first-order valence-electron chi connectivity index (χ1n) is 11.4. The van der Waals surface area contributed by atoms with E-state index in [0.29, 0.717) is 18.5 Å². The van der Waals surface area contributed by atoms with Crippen molar-refractivity contribution in [3.05, 3.63) is 87.0 Å². The fraction of sp³-hybridized carbons (Fsp3) is 0.222. The van der Waals surface area contributed by atoms with Crippen LogP contribution < -0.4 is 10.6 Å². The summed E-state index contributed by atoms with van der Waals surface area (Å²) in [5, 5.41) is 14.8. The van der Waals surface area contributed by atoms with Gasteiger partial charge in [0.2, 0.25) is 5.91 Å². The lowest BCUT2D eigenvalue weighted by atomic mass is 9.79. The monoisotopic (exact) mass is 582 g/mol. The average Bonchev–Trinajstić information content (AvgIpc) is 3.13. The normalized spacial score (nSPS) is 18.1. The van der Waals surface area contributed by atoms with Crippen LogP contribution in [0.1, 0.15) is 40.2 Å². The molecule has 0 saturated heterocycles. The number of benzene rings is 3. The Labute approximate surface area is 216 Å². The number of carboxylic acid groups (broad SMARTS) is 1. The van der Waals surface area contributed by atoms with Crippen LogP contribution in [0.5, 0.6) is 0 Å². The van der Waals surface area contributed by atoms with Gasteiger partial charge in [0, 0.05) is 27.1 Å². The Morgan fingerprint density at radius 2 is 1.57 bits per heavy atom. The molecule has 0 atom stereocenters. The minimum Gasteiger partial charge on any atom is -0.478 e. The van der Waals surface area contributed by atoms with Crippen molar-refractivity contribution in [3.63, 3.8) is 0 Å². The summed E-state index contributed by atoms with van der Waals surface area (Å²) < 4.78 is 6.30. The Morgan fingerprint density at radius 1 is 0.943 bits per heavy atom. The van der Waals surface area contributed by atoms with Crippen LogP contribution in [0.2, 0.25) is 0 Å². The van der Waals surface area contributed by atoms with Crippen molar-refractivity contribution in [2.75, 3.05) is 11.9 Å². The molecule has 0 aromatic heterocycles. The van der Waals surface area contributed by atoms with Crippen molar-refractivity contribution < 1.29 is 24.2 Å². The van der Waals surface area contributed by atoms with Crippen LogP contribution >= 0.6 is 22.6 Å². The van der Waals surface area contributed by atoms with Crippen LogP contribution in [-0.2, 0) is 9.53 Å². The van der Waals surface area contributed by atoms with E-state index >= 15 is 0 Å². The number of amides is 2. The Kier molecular flexibility index (Phi) is 6.46. The largest absolute Gasteiger partial charge is 0.478 e. The highest BCUT2D eigenvalue weighted by molar-refractivity contribution is 14.1. The van der Waals surface area contributed by atoms with Gasteiger partial charge in [-0.05, 0) is 75.9 Å². The standard InChI is InChI=1S/C27H23IN2O5/c28-17-9-16(26(32)33)12-19(13-17)29-25(31)15-10-18(11-15)30-27(34)35-14-24-22-7-3-1-5-20(22)21-6-2-4-8-23(21)24/h1-9,12-13,15,18,24H,10-11,14H2,(H,29,31)(H,30,34)(H,32,33). The fourth-order valence-electron chi connectivity index (χ4n) is 4.79. The summed E-state index contributed by atoms with van der Waals surface area (Å²) >= 11 is 2.01. The maximum absolute atomic E-state index is 12.5. The highest BCUT2D eigenvalue weighted by atomic mass is 127. The number of carbonyl (C=O) groups is 3. The number of carboxylic acids is 1. The number of fused-ring (bicyclic) bond motifs is 3. The van der Waals surface area contributed by atoms with Gasteiger partial charge in [-0.15, -0.1) is 0 Å². The van der Waals surface area contributed by atoms with Crippen LogP contribution in [0.4, 0.5) is 10.5 Å². The SMILES string of the molecule is O=C(NC1CC(C(=O)Nc2cc(I)cc(C(=O)O)c2)C1)OCC1c2ccccc2-c2ccccc21. The molecule has 2 amide bonds. The van der Waals surface area contributed by atoms with Gasteiger partial charge in [0.25, 0.3) is 0 Å². The van der Waals surface area contributed by atoms with E-state index in [1.54, 1.807) is 6.07 Å². The Bertz CT molecular complexity index is 1270. The van der Waals surface area contributed by atoms with Crippen molar-refractivity contribution in [2.24, 2.45) is 5.92 Å². The maximum atomic E-state index is 12.5. The minimum absolute atomic E-state index is 0.00238. The summed E-state index contributed by atoms with van der Waals surface area (Å²) in [5.41, 5.74) is 5.23. The molecule has 2 aliphatic carbocycles. The van der Waals surface area contributed by atoms with E-state index in [9.17, 15) is 19.5 Å². The van der Waals surface area contributed by atoms with Gasteiger partial charge in [-0.2, -0.15) is 0 Å². The first-order valence-corrected chi connectivity index (χ1v) is 12.4. The van der Waals surface area contributed by atoms with Gasteiger partial charge in [0.05, 0.1) is 5.56 Å². The van der Waals surface area contributed by atoms with E-state index in [1.807, 2.05) is 46.9 Å². The number of anilines is 1. The Morgan fingerprint density at radius 3 is 2.20 bits per heavy atom. The number of hydrogen-bond acceptors (Lipinski definition) is 4. The molecule has 3 aromatic carbocycles. The molecule has 35 heavy (non-hydrogen) atoms. The summed E-state index contributed by atoms with van der Waals surface area (Å²) in [6, 6.07) is 20.9. The molecular weight excluding hydrogens is 559 g/mol. The smallest absolute Gasteiger partial charge is 0.407 e. The number of ether oxygens (including phenoxy) is 1. The summed E-state index contributed by atoms with van der Waals surface area (Å²) in [5.74, 6) is -1.48. The molecule has 0 spiro atoms. The number of alkyl carbamates (subject to hydrolysis) is 1. The van der Waals surface area contributed by atoms with Gasteiger partial charge in [0.1, 0.15) is 6.61 Å². The van der Waals surface area contributed by atoms with E-state index in [0.717, 1.165) is 14.7 Å². The van der Waals surface area contributed by atoms with Crippen LogP contribution in [0.3, 0.4) is 0 Å². The van der Waals surface area contributed by atoms with E-state index in [1.165, 1.54) is 23.3 Å². The number of halogens is 1. The summed E-state index contributed by atoms with van der Waals surface area (Å²) in [6.45, 7) is 0.245. The van der Waals surface area contributed by atoms with Gasteiger partial charge in [-0.3, -0.25) is 4.79 Å². The summed E-state index contributed by atoms with van der Waals surface area (Å²) in [4.78, 5) is 36.2. The third kappa shape index (κ3) is 4.88. The predicted octanol–water partition coefficient (Wildman–Crippen LogP) is 5.25. The van der Waals surface area contributed by atoms with Crippen molar-refractivity contribution >= 4 is 46.2 Å². The number of carbonyl (C=O) groups excluding carboxylic acids is 2. The lowest BCUT2D eigenvalue weighted by Crippen LogP contribution is -2.48. The zero-order valence-corrected chi connectivity index (χ0v) is 20.8. The maximum Gasteiger partial charge on any atom is 0.407 e. The number of hydrogen-bond donors (Lipinski definition) is 3. The third-order valence-electron chi connectivity index (χ3n) is 6.59. The molecule has 7 nitrogen and oxygen atoms in total. The second kappa shape index (κ2) is 9.69. The molecule has 1 fully saturated rings. The van der Waals surface area contributed by atoms with Gasteiger partial charge in [-0.25, -0.2) is 9.59 Å². The van der Waals surface area contributed by atoms with Crippen molar-refractivity contribution in [3.8, 4) is 11.1 Å². The Balaban J connectivity index is 1.12. The minimum atomic E-state index is -1.05. The van der Waals surface area contributed by atoms with E-state index < -0.39 is 12.1 Å². The van der Waals surface area contributed by atoms with Crippen molar-refractivity contribution in [1.82, 2.24) is 5.32 Å². The first kappa shape index (κ1) is 23.3. The van der Waals surface area contributed by atoms with Crippen LogP contribution in [0, 0.1) is 9.49 Å². The van der Waals surface area contributed by atoms with Gasteiger partial charge in [0.15, 0.2) is 0 Å². The van der Waals surface area contributed by atoms with E-state index in [4.69, 9.17) is 4.74 Å². The molecular formula is C27H23IN2O5. The third-order valence-corrected chi connectivity index (χ3v) is 7.21. The molecule has 0 aliphatic heterocycles. The van der Waals surface area contributed by atoms with Crippen molar-refractivity contribution in [1.29, 1.82) is 0 Å². The molecule has 3 aromatic rings. The number of aromatic carboxylic acids is 1. The lowest BCUT2D eigenvalue weighted by molar-refractivity contribution is -0.122. The second-order valence-electron chi connectivity index (χ2n) is 8.86. The summed E-state index contributed by atoms with van der Waals surface area (Å²) in [6.07, 6.45) is 0.525. The lowest BCUT2D eigenvalue weighted by Gasteiger charge is -2.34. The quantitative estimate of drug-likeness (QED) is 0.345. The van der Waals surface area contributed by atoms with Crippen LogP contribution in [0.25, 0.3) is 11.1 Å². The highest BCUT2D eigenvalue weighted by Gasteiger charge is 2.36. The topological polar surface area (TPSA) is 105 Å². The zero-order chi connectivity index (χ0) is 24.5. The molecule has 8 heteroatoms. The average molecular weight is 582 g/mol. The zero-order valence-electron chi connectivity index (χ0n) is 18.7. The molecule has 2 aliphatic rings. The molecule has 3 N–H and O–H groups in total. The van der Waals surface area contributed by atoms with Gasteiger partial charge >= 0.3 is 12.1 Å². The Hall–Kier alpha value is -3.40. The molecule has 0 bridgehead atoms. The second-order valence-corrected chi connectivity index (χ2v) is 10.1. The molecule has 5 rings (SSSR count). The van der Waals surface area contributed by atoms with Crippen LogP contribution in [-0.4, -0.2) is 35.7 Å². The molecule has 1 saturated carbocycles. The van der Waals surface area contributed by atoms with Gasteiger partial charge < -0.3 is 20.5 Å². The predicted molar refractivity (Wildman–Crippen MR) is 139 cm³/mol.